The lowest BCUT2D eigenvalue weighted by atomic mass is 9.95. The molecule has 0 aromatic heterocycles. The first-order valence-corrected chi connectivity index (χ1v) is 11.8. The second kappa shape index (κ2) is 11.9. The molecule has 1 aliphatic rings. The van der Waals surface area contributed by atoms with Gasteiger partial charge >= 0.3 is 0 Å². The van der Waals surface area contributed by atoms with Crippen LogP contribution in [0.4, 0.5) is 0 Å². The summed E-state index contributed by atoms with van der Waals surface area (Å²) < 4.78 is 10.8. The first kappa shape index (κ1) is 25.6. The molecule has 0 bridgehead atoms. The Bertz CT molecular complexity index is 1050. The highest BCUT2D eigenvalue weighted by atomic mass is 35.5. The number of amides is 1. The van der Waals surface area contributed by atoms with Crippen LogP contribution >= 0.6 is 11.6 Å². The second-order valence-corrected chi connectivity index (χ2v) is 8.54. The monoisotopic (exact) mass is 487 g/mol. The van der Waals surface area contributed by atoms with E-state index in [1.54, 1.807) is 37.4 Å². The minimum atomic E-state index is -0.847. The number of aromatic hydroxyl groups is 1. The molecule has 1 heterocycles. The number of carbonyl (C=O) groups is 2. The molecular formula is C26H30ClNO6. The summed E-state index contributed by atoms with van der Waals surface area (Å²) in [5.41, 5.74) is 0.878. The number of carbonyl (C=O) groups excluding carboxylic acids is 2. The molecule has 2 aromatic rings. The molecule has 2 N–H and O–H groups in total. The van der Waals surface area contributed by atoms with Crippen LogP contribution in [0.2, 0.25) is 5.02 Å². The van der Waals surface area contributed by atoms with Gasteiger partial charge in [-0.05, 0) is 54.8 Å². The fourth-order valence-corrected chi connectivity index (χ4v) is 4.13. The third-order valence-corrected chi connectivity index (χ3v) is 6.02. The van der Waals surface area contributed by atoms with Crippen molar-refractivity contribution in [2.75, 3.05) is 26.9 Å². The second-order valence-electron chi connectivity index (χ2n) is 8.13. The summed E-state index contributed by atoms with van der Waals surface area (Å²) in [6.45, 7) is 3.39. The van der Waals surface area contributed by atoms with E-state index in [0.717, 1.165) is 19.3 Å². The van der Waals surface area contributed by atoms with E-state index in [1.807, 2.05) is 0 Å². The van der Waals surface area contributed by atoms with Gasteiger partial charge in [0, 0.05) is 25.8 Å². The summed E-state index contributed by atoms with van der Waals surface area (Å²) in [5, 5.41) is 21.0. The topological polar surface area (TPSA) is 96.3 Å². The van der Waals surface area contributed by atoms with Gasteiger partial charge in [-0.2, -0.15) is 0 Å². The lowest BCUT2D eigenvalue weighted by Crippen LogP contribution is -2.31. The third-order valence-electron chi connectivity index (χ3n) is 5.72. The van der Waals surface area contributed by atoms with Crippen LogP contribution in [0.5, 0.6) is 11.5 Å². The van der Waals surface area contributed by atoms with Crippen LogP contribution in [0.1, 0.15) is 49.8 Å². The Morgan fingerprint density at radius 3 is 2.44 bits per heavy atom. The molecule has 1 amide bonds. The third kappa shape index (κ3) is 5.72. The van der Waals surface area contributed by atoms with E-state index < -0.39 is 17.7 Å². The maximum atomic E-state index is 13.0. The average molecular weight is 488 g/mol. The predicted molar refractivity (Wildman–Crippen MR) is 130 cm³/mol. The molecule has 1 atom stereocenters. The number of hydrogen-bond donors (Lipinski definition) is 2. The van der Waals surface area contributed by atoms with Crippen LogP contribution in [0.3, 0.4) is 0 Å². The van der Waals surface area contributed by atoms with Crippen LogP contribution in [0.25, 0.3) is 5.76 Å². The Kier molecular flexibility index (Phi) is 8.96. The molecule has 8 heteroatoms. The zero-order valence-corrected chi connectivity index (χ0v) is 20.2. The molecule has 7 nitrogen and oxygen atoms in total. The zero-order valence-electron chi connectivity index (χ0n) is 19.4. The molecule has 1 aliphatic heterocycles. The molecule has 1 unspecified atom stereocenters. The molecule has 182 valence electrons. The van der Waals surface area contributed by atoms with Gasteiger partial charge in [-0.25, -0.2) is 0 Å². The van der Waals surface area contributed by atoms with Gasteiger partial charge in [-0.15, -0.1) is 0 Å². The molecule has 3 rings (SSSR count). The number of ether oxygens (including phenoxy) is 2. The van der Waals surface area contributed by atoms with Crippen molar-refractivity contribution in [3.8, 4) is 11.5 Å². The molecule has 0 saturated carbocycles. The number of ketones is 1. The van der Waals surface area contributed by atoms with E-state index >= 15 is 0 Å². The normalized spacial score (nSPS) is 17.4. The minimum absolute atomic E-state index is 0.0270. The Morgan fingerprint density at radius 1 is 1.06 bits per heavy atom. The van der Waals surface area contributed by atoms with Crippen molar-refractivity contribution in [2.24, 2.45) is 0 Å². The summed E-state index contributed by atoms with van der Waals surface area (Å²) in [6, 6.07) is 10.4. The average Bonchev–Trinajstić information content (AvgIpc) is 3.09. The number of Topliss-reactive ketones (excluding diaryl/α,β-unsaturated/α-hetero) is 1. The molecule has 2 aromatic carbocycles. The van der Waals surface area contributed by atoms with Gasteiger partial charge in [-0.1, -0.05) is 37.4 Å². The zero-order chi connectivity index (χ0) is 24.7. The van der Waals surface area contributed by atoms with E-state index in [-0.39, 0.29) is 28.6 Å². The predicted octanol–water partition coefficient (Wildman–Crippen LogP) is 5.07. The number of nitrogens with zero attached hydrogens (tertiary/aromatic N) is 1. The summed E-state index contributed by atoms with van der Waals surface area (Å²) in [7, 11) is 1.56. The van der Waals surface area contributed by atoms with E-state index in [9.17, 15) is 19.8 Å². The van der Waals surface area contributed by atoms with Crippen molar-refractivity contribution >= 4 is 29.1 Å². The smallest absolute Gasteiger partial charge is 0.295 e. The van der Waals surface area contributed by atoms with Crippen molar-refractivity contribution in [3.63, 3.8) is 0 Å². The fraction of sp³-hybridized carbons (Fsp3) is 0.385. The van der Waals surface area contributed by atoms with Crippen molar-refractivity contribution in [3.05, 3.63) is 64.2 Å². The van der Waals surface area contributed by atoms with Crippen molar-refractivity contribution < 1.29 is 29.3 Å². The number of halogens is 1. The Hall–Kier alpha value is -3.03. The summed E-state index contributed by atoms with van der Waals surface area (Å²) in [4.78, 5) is 27.3. The van der Waals surface area contributed by atoms with Gasteiger partial charge in [0.05, 0.1) is 23.2 Å². The molecule has 0 spiro atoms. The van der Waals surface area contributed by atoms with Gasteiger partial charge in [-0.3, -0.25) is 9.59 Å². The van der Waals surface area contributed by atoms with Crippen LogP contribution in [0.15, 0.2) is 48.0 Å². The number of likely N-dealkylation sites (tertiary alicyclic amines) is 1. The van der Waals surface area contributed by atoms with Gasteiger partial charge in [0.2, 0.25) is 0 Å². The first-order chi connectivity index (χ1) is 16.4. The standard InChI is InChI=1S/C26H30ClNO6/c1-3-4-5-15-34-19-10-7-17(8-11-19)24(30)22-23(18-9-12-21(29)20(27)16-18)28(13-6-14-33-2)26(32)25(22)31/h7-12,16,23,29-30H,3-6,13-15H2,1-2H3/b24-22-. The lowest BCUT2D eigenvalue weighted by molar-refractivity contribution is -0.140. The molecule has 0 aliphatic carbocycles. The number of benzene rings is 2. The summed E-state index contributed by atoms with van der Waals surface area (Å²) in [6.07, 6.45) is 3.66. The largest absolute Gasteiger partial charge is 0.507 e. The number of methoxy groups -OCH3 is 1. The van der Waals surface area contributed by atoms with Crippen molar-refractivity contribution in [1.82, 2.24) is 4.90 Å². The van der Waals surface area contributed by atoms with Gasteiger partial charge in [0.1, 0.15) is 17.3 Å². The number of hydrogen-bond acceptors (Lipinski definition) is 6. The van der Waals surface area contributed by atoms with E-state index in [0.29, 0.717) is 36.5 Å². The highest BCUT2D eigenvalue weighted by Crippen LogP contribution is 2.41. The van der Waals surface area contributed by atoms with Gasteiger partial charge in [0.15, 0.2) is 0 Å². The number of phenolic OH excluding ortho intramolecular Hbond substituents is 1. The van der Waals surface area contributed by atoms with Crippen molar-refractivity contribution in [2.45, 2.75) is 38.6 Å². The number of phenols is 1. The van der Waals surface area contributed by atoms with Crippen molar-refractivity contribution in [1.29, 1.82) is 0 Å². The molecule has 34 heavy (non-hydrogen) atoms. The van der Waals surface area contributed by atoms with Crippen LogP contribution in [-0.4, -0.2) is 53.7 Å². The maximum Gasteiger partial charge on any atom is 0.295 e. The highest BCUT2D eigenvalue weighted by molar-refractivity contribution is 6.46. The van der Waals surface area contributed by atoms with E-state index in [1.165, 1.54) is 17.0 Å². The molecule has 1 saturated heterocycles. The SMILES string of the molecule is CCCCCOc1ccc(/C(O)=C2/C(=O)C(=O)N(CCCOC)C2c2ccc(O)c(Cl)c2)cc1. The minimum Gasteiger partial charge on any atom is -0.507 e. The number of rotatable bonds is 11. The van der Waals surface area contributed by atoms with Crippen LogP contribution < -0.4 is 4.74 Å². The van der Waals surface area contributed by atoms with E-state index in [4.69, 9.17) is 21.1 Å². The maximum absolute atomic E-state index is 13.0. The number of aliphatic hydroxyl groups is 1. The molecular weight excluding hydrogens is 458 g/mol. The van der Waals surface area contributed by atoms with Crippen LogP contribution in [0, 0.1) is 0 Å². The van der Waals surface area contributed by atoms with Crippen LogP contribution in [-0.2, 0) is 14.3 Å². The van der Waals surface area contributed by atoms with Gasteiger partial charge in [0.25, 0.3) is 11.7 Å². The summed E-state index contributed by atoms with van der Waals surface area (Å²) >= 11 is 6.11. The molecule has 1 fully saturated rings. The quantitative estimate of drug-likeness (QED) is 0.199. The fourth-order valence-electron chi connectivity index (χ4n) is 3.94. The Morgan fingerprint density at radius 2 is 1.79 bits per heavy atom. The number of aliphatic hydroxyl groups excluding tert-OH is 1. The van der Waals surface area contributed by atoms with E-state index in [2.05, 4.69) is 6.92 Å². The highest BCUT2D eigenvalue weighted by Gasteiger charge is 2.45. The Labute approximate surface area is 204 Å². The Balaban J connectivity index is 1.97. The lowest BCUT2D eigenvalue weighted by Gasteiger charge is -2.25. The summed E-state index contributed by atoms with van der Waals surface area (Å²) in [5.74, 6) is -1.21. The van der Waals surface area contributed by atoms with Gasteiger partial charge < -0.3 is 24.6 Å². The number of unbranched alkanes of at least 4 members (excludes halogenated alkanes) is 2. The first-order valence-electron chi connectivity index (χ1n) is 11.4. The molecule has 0 radical (unpaired) electrons.